The number of nitrogens with one attached hydrogen (secondary N) is 1. The van der Waals surface area contributed by atoms with Crippen molar-refractivity contribution in [3.05, 3.63) is 27.7 Å². The summed E-state index contributed by atoms with van der Waals surface area (Å²) in [4.78, 5) is 23.2. The Hall–Kier alpha value is -1.27. The number of esters is 1. The molecule has 0 saturated heterocycles. The first-order valence-electron chi connectivity index (χ1n) is 6.49. The lowest BCUT2D eigenvalue weighted by Crippen LogP contribution is -2.37. The van der Waals surface area contributed by atoms with Gasteiger partial charge in [0.05, 0.1) is 5.02 Å². The molecule has 0 aliphatic heterocycles. The Morgan fingerprint density at radius 2 is 2.14 bits per heavy atom. The van der Waals surface area contributed by atoms with Crippen molar-refractivity contribution in [2.45, 2.75) is 26.4 Å². The molecule has 1 N–H and O–H groups in total. The molecule has 0 fully saturated rings. The van der Waals surface area contributed by atoms with Gasteiger partial charge in [0.2, 0.25) is 0 Å². The number of amides is 1. The van der Waals surface area contributed by atoms with Gasteiger partial charge in [0.1, 0.15) is 5.75 Å². The number of ether oxygens (including phenoxy) is 2. The van der Waals surface area contributed by atoms with E-state index in [4.69, 9.17) is 21.1 Å². The third-order valence-electron chi connectivity index (χ3n) is 2.47. The van der Waals surface area contributed by atoms with Crippen LogP contribution in [0, 0.1) is 0 Å². The fourth-order valence-electron chi connectivity index (χ4n) is 1.41. The van der Waals surface area contributed by atoms with Crippen LogP contribution in [-0.4, -0.2) is 31.1 Å². The molecule has 0 aliphatic carbocycles. The van der Waals surface area contributed by atoms with Crippen molar-refractivity contribution < 1.29 is 19.1 Å². The van der Waals surface area contributed by atoms with E-state index >= 15 is 0 Å². The molecule has 0 bridgehead atoms. The van der Waals surface area contributed by atoms with Crippen molar-refractivity contribution in [3.8, 4) is 5.75 Å². The second kappa shape index (κ2) is 8.89. The van der Waals surface area contributed by atoms with Gasteiger partial charge in [-0.2, -0.15) is 0 Å². The van der Waals surface area contributed by atoms with Gasteiger partial charge in [-0.15, -0.1) is 0 Å². The number of hydrogen-bond acceptors (Lipinski definition) is 4. The molecule has 0 unspecified atom stereocenters. The van der Waals surface area contributed by atoms with Crippen LogP contribution in [0.15, 0.2) is 22.7 Å². The quantitative estimate of drug-likeness (QED) is 0.741. The van der Waals surface area contributed by atoms with Crippen LogP contribution < -0.4 is 10.1 Å². The monoisotopic (exact) mass is 377 g/mol. The third kappa shape index (κ3) is 6.35. The highest BCUT2D eigenvalue weighted by molar-refractivity contribution is 9.10. The minimum absolute atomic E-state index is 0.313. The predicted octanol–water partition coefficient (Wildman–Crippen LogP) is 2.94. The van der Waals surface area contributed by atoms with Crippen LogP contribution in [-0.2, 0) is 14.3 Å². The molecule has 7 heteroatoms. The van der Waals surface area contributed by atoms with Gasteiger partial charge in [-0.3, -0.25) is 4.79 Å². The fourth-order valence-corrected chi connectivity index (χ4v) is 2.13. The summed E-state index contributed by atoms with van der Waals surface area (Å²) in [5.74, 6) is -0.583. The first kappa shape index (κ1) is 17.8. The maximum absolute atomic E-state index is 11.6. The van der Waals surface area contributed by atoms with Crippen LogP contribution in [0.2, 0.25) is 5.02 Å². The zero-order chi connectivity index (χ0) is 15.8. The highest BCUT2D eigenvalue weighted by atomic mass is 79.9. The molecule has 1 aromatic rings. The lowest BCUT2D eigenvalue weighted by Gasteiger charge is -2.13. The van der Waals surface area contributed by atoms with E-state index in [-0.39, 0.29) is 12.5 Å². The minimum Gasteiger partial charge on any atom is -0.480 e. The predicted molar refractivity (Wildman–Crippen MR) is 83.5 cm³/mol. The highest BCUT2D eigenvalue weighted by Crippen LogP contribution is 2.27. The number of carbonyl (C=O) groups excluding carboxylic acids is 2. The van der Waals surface area contributed by atoms with Gasteiger partial charge in [-0.05, 0) is 31.5 Å². The molecule has 0 heterocycles. The Labute approximate surface area is 137 Å². The van der Waals surface area contributed by atoms with E-state index in [1.165, 1.54) is 6.92 Å². The summed E-state index contributed by atoms with van der Waals surface area (Å²) >= 11 is 9.22. The second-order valence-corrected chi connectivity index (χ2v) is 5.61. The van der Waals surface area contributed by atoms with Crippen molar-refractivity contribution in [2.75, 3.05) is 13.2 Å². The van der Waals surface area contributed by atoms with E-state index < -0.39 is 12.1 Å². The van der Waals surface area contributed by atoms with Crippen LogP contribution >= 0.6 is 27.5 Å². The number of halogens is 2. The Morgan fingerprint density at radius 3 is 2.76 bits per heavy atom. The molecule has 21 heavy (non-hydrogen) atoms. The summed E-state index contributed by atoms with van der Waals surface area (Å²) in [5, 5.41) is 3.02. The van der Waals surface area contributed by atoms with Gasteiger partial charge >= 0.3 is 5.97 Å². The summed E-state index contributed by atoms with van der Waals surface area (Å²) in [6, 6.07) is 5.04. The highest BCUT2D eigenvalue weighted by Gasteiger charge is 2.17. The van der Waals surface area contributed by atoms with Crippen LogP contribution in [0.5, 0.6) is 5.75 Å². The molecule has 1 amide bonds. The average molecular weight is 379 g/mol. The normalized spacial score (nSPS) is 11.6. The molecular formula is C14H17BrClNO4. The molecule has 0 aliphatic rings. The lowest BCUT2D eigenvalue weighted by atomic mass is 10.3. The molecule has 116 valence electrons. The summed E-state index contributed by atoms with van der Waals surface area (Å²) in [6.45, 7) is 3.68. The summed E-state index contributed by atoms with van der Waals surface area (Å²) in [7, 11) is 0. The van der Waals surface area contributed by atoms with Crippen LogP contribution in [0.1, 0.15) is 20.3 Å². The molecule has 0 aromatic heterocycles. The fraction of sp³-hybridized carbons (Fsp3) is 0.429. The Kier molecular flexibility index (Phi) is 7.53. The number of hydrogen-bond donors (Lipinski definition) is 1. The maximum Gasteiger partial charge on any atom is 0.344 e. The zero-order valence-corrected chi connectivity index (χ0v) is 14.2. The van der Waals surface area contributed by atoms with Crippen LogP contribution in [0.4, 0.5) is 0 Å². The largest absolute Gasteiger partial charge is 0.480 e. The molecule has 0 saturated carbocycles. The van der Waals surface area contributed by atoms with Crippen molar-refractivity contribution >= 4 is 39.4 Å². The third-order valence-corrected chi connectivity index (χ3v) is 3.25. The molecule has 5 nitrogen and oxygen atoms in total. The first-order valence-corrected chi connectivity index (χ1v) is 7.66. The Morgan fingerprint density at radius 1 is 1.43 bits per heavy atom. The average Bonchev–Trinajstić information content (AvgIpc) is 2.43. The van der Waals surface area contributed by atoms with Crippen molar-refractivity contribution in [1.82, 2.24) is 5.32 Å². The SMILES string of the molecule is CCCNC(=O)[C@@H](C)OC(=O)COc1ccc(Br)cc1Cl. The Bertz CT molecular complexity index is 510. The molecule has 0 radical (unpaired) electrons. The lowest BCUT2D eigenvalue weighted by molar-refractivity contribution is -0.156. The van der Waals surface area contributed by atoms with Gasteiger partial charge < -0.3 is 14.8 Å². The number of carbonyl (C=O) groups is 2. The Balaban J connectivity index is 2.41. The van der Waals surface area contributed by atoms with Gasteiger partial charge in [0.15, 0.2) is 12.7 Å². The van der Waals surface area contributed by atoms with E-state index in [2.05, 4.69) is 21.2 Å². The van der Waals surface area contributed by atoms with Crippen molar-refractivity contribution in [1.29, 1.82) is 0 Å². The standard InChI is InChI=1S/C14H17BrClNO4/c1-3-6-17-14(19)9(2)21-13(18)8-20-12-5-4-10(15)7-11(12)16/h4-5,7,9H,3,6,8H2,1-2H3,(H,17,19)/t9-/m1/s1. The summed E-state index contributed by atoms with van der Waals surface area (Å²) in [5.41, 5.74) is 0. The summed E-state index contributed by atoms with van der Waals surface area (Å²) < 4.78 is 11.0. The van der Waals surface area contributed by atoms with Gasteiger partial charge in [0.25, 0.3) is 5.91 Å². The van der Waals surface area contributed by atoms with E-state index in [0.717, 1.165) is 10.9 Å². The minimum atomic E-state index is -0.854. The van der Waals surface area contributed by atoms with Gasteiger partial charge in [0, 0.05) is 11.0 Å². The summed E-state index contributed by atoms with van der Waals surface area (Å²) in [6.07, 6.45) is -0.0366. The first-order chi connectivity index (χ1) is 9.93. The van der Waals surface area contributed by atoms with Crippen LogP contribution in [0.3, 0.4) is 0 Å². The van der Waals surface area contributed by atoms with Gasteiger partial charge in [-0.1, -0.05) is 34.5 Å². The van der Waals surface area contributed by atoms with Crippen molar-refractivity contribution in [3.63, 3.8) is 0 Å². The van der Waals surface area contributed by atoms with E-state index in [0.29, 0.717) is 17.3 Å². The second-order valence-electron chi connectivity index (χ2n) is 4.29. The number of benzene rings is 1. The van der Waals surface area contributed by atoms with Gasteiger partial charge in [-0.25, -0.2) is 4.79 Å². The molecule has 1 aromatic carbocycles. The smallest absolute Gasteiger partial charge is 0.344 e. The van der Waals surface area contributed by atoms with Crippen molar-refractivity contribution in [2.24, 2.45) is 0 Å². The maximum atomic E-state index is 11.6. The molecular weight excluding hydrogens is 362 g/mol. The topological polar surface area (TPSA) is 64.6 Å². The molecule has 1 rings (SSSR count). The molecule has 0 spiro atoms. The van der Waals surface area contributed by atoms with E-state index in [1.807, 2.05) is 6.92 Å². The molecule has 1 atom stereocenters. The number of rotatable bonds is 7. The van der Waals surface area contributed by atoms with Crippen LogP contribution in [0.25, 0.3) is 0 Å². The van der Waals surface area contributed by atoms with E-state index in [9.17, 15) is 9.59 Å². The van der Waals surface area contributed by atoms with E-state index in [1.54, 1.807) is 18.2 Å². The zero-order valence-electron chi connectivity index (χ0n) is 11.8.